The summed E-state index contributed by atoms with van der Waals surface area (Å²) in [7, 11) is 2.92. The maximum Gasteiger partial charge on any atom is 0.353 e. The van der Waals surface area contributed by atoms with E-state index >= 15 is 0 Å². The van der Waals surface area contributed by atoms with Crippen molar-refractivity contribution in [2.45, 2.75) is 0 Å². The lowest BCUT2D eigenvalue weighted by molar-refractivity contribution is -0.136. The monoisotopic (exact) mass is 387 g/mol. The number of nitrogen functional groups attached to an aromatic ring is 1. The number of hydrogen-bond acceptors (Lipinski definition) is 7. The summed E-state index contributed by atoms with van der Waals surface area (Å²) in [6.45, 7) is 6.76. The molecule has 2 rings (SSSR count). The summed E-state index contributed by atoms with van der Waals surface area (Å²) in [4.78, 5) is 34.0. The molecule has 1 aromatic carbocycles. The van der Waals surface area contributed by atoms with Crippen LogP contribution in [0, 0.1) is 0 Å². The van der Waals surface area contributed by atoms with Gasteiger partial charge in [0.05, 0.1) is 17.7 Å². The fourth-order valence-electron chi connectivity index (χ4n) is 1.72. The van der Waals surface area contributed by atoms with E-state index in [9.17, 15) is 14.4 Å². The Balaban J connectivity index is 0.000000387. The maximum absolute atomic E-state index is 11.8. The smallest absolute Gasteiger partial charge is 0.353 e. The largest absolute Gasteiger partial charge is 0.464 e. The Morgan fingerprint density at radius 1 is 1.15 bits per heavy atom. The van der Waals surface area contributed by atoms with E-state index in [0.717, 1.165) is 10.4 Å². The molecule has 1 aromatic heterocycles. The van der Waals surface area contributed by atoms with E-state index in [4.69, 9.17) is 5.73 Å². The number of methoxy groups -OCH3 is 1. The number of carbonyl (C=O) groups excluding carboxylic acids is 3. The maximum atomic E-state index is 11.8. The zero-order valence-corrected chi connectivity index (χ0v) is 15.9. The van der Waals surface area contributed by atoms with Crippen LogP contribution in [0.3, 0.4) is 0 Å². The van der Waals surface area contributed by atoms with Crippen LogP contribution in [0.15, 0.2) is 61.0 Å². The van der Waals surface area contributed by atoms with Gasteiger partial charge in [0.2, 0.25) is 0 Å². The average Bonchev–Trinajstić information content (AvgIpc) is 3.18. The highest BCUT2D eigenvalue weighted by atomic mass is 32.1. The lowest BCUT2D eigenvalue weighted by atomic mass is 10.2. The summed E-state index contributed by atoms with van der Waals surface area (Å²) in [6, 6.07) is 11.0. The van der Waals surface area contributed by atoms with Crippen molar-refractivity contribution in [1.82, 2.24) is 10.6 Å². The van der Waals surface area contributed by atoms with Gasteiger partial charge in [-0.15, -0.1) is 11.3 Å². The van der Waals surface area contributed by atoms with Crippen LogP contribution in [0.25, 0.3) is 10.4 Å². The fourth-order valence-corrected chi connectivity index (χ4v) is 2.63. The molecule has 0 aliphatic heterocycles. The van der Waals surface area contributed by atoms with Crippen LogP contribution in [-0.4, -0.2) is 32.3 Å². The molecule has 0 aliphatic carbocycles. The number of aldehydes is 1. The molecule has 0 aliphatic rings. The quantitative estimate of drug-likeness (QED) is 0.304. The first kappa shape index (κ1) is 21.7. The summed E-state index contributed by atoms with van der Waals surface area (Å²) in [6.07, 6.45) is 0.506. The molecule has 0 unspecified atom stereocenters. The van der Waals surface area contributed by atoms with Gasteiger partial charge in [-0.05, 0) is 29.8 Å². The highest BCUT2D eigenvalue weighted by Crippen LogP contribution is 2.28. The number of amides is 1. The second-order valence-electron chi connectivity index (χ2n) is 5.10. The molecule has 0 spiro atoms. The summed E-state index contributed by atoms with van der Waals surface area (Å²) >= 11 is 1.34. The van der Waals surface area contributed by atoms with Crippen LogP contribution in [-0.2, 0) is 14.3 Å². The van der Waals surface area contributed by atoms with Gasteiger partial charge in [0.25, 0.3) is 5.91 Å². The van der Waals surface area contributed by atoms with Crippen molar-refractivity contribution < 1.29 is 19.1 Å². The molecule has 0 saturated carbocycles. The lowest BCUT2D eigenvalue weighted by Crippen LogP contribution is -2.21. The highest BCUT2D eigenvalue weighted by molar-refractivity contribution is 7.17. The van der Waals surface area contributed by atoms with Gasteiger partial charge in [-0.25, -0.2) is 4.79 Å². The normalized spacial score (nSPS) is 9.26. The minimum atomic E-state index is -0.424. The molecule has 0 fully saturated rings. The molecule has 0 radical (unpaired) electrons. The van der Waals surface area contributed by atoms with E-state index in [2.05, 4.69) is 28.5 Å². The second-order valence-corrected chi connectivity index (χ2v) is 6.19. The highest BCUT2D eigenvalue weighted by Gasteiger charge is 2.10. The summed E-state index contributed by atoms with van der Waals surface area (Å²) in [5, 5.41) is 4.96. The molecule has 1 heterocycles. The van der Waals surface area contributed by atoms with Crippen molar-refractivity contribution in [2.24, 2.45) is 0 Å². The standard InChI is InChI=1S/C14H12N2O2S.C5H9NO2/c1-9(8-17)16-14(18)13-7-6-12(19-13)10-2-4-11(15)5-3-10;1-4(6-2)5(7)8-3/h2-8H,1,15H2,(H,16,18);6H,1H2,2-3H3. The number of nitrogens with two attached hydrogens (primary N) is 1. The Kier molecular flexibility index (Phi) is 8.47. The van der Waals surface area contributed by atoms with E-state index in [1.54, 1.807) is 13.1 Å². The van der Waals surface area contributed by atoms with Gasteiger partial charge in [0.1, 0.15) is 5.70 Å². The molecule has 0 atom stereocenters. The number of esters is 1. The van der Waals surface area contributed by atoms with Crippen molar-refractivity contribution in [3.8, 4) is 10.4 Å². The fraction of sp³-hybridized carbons (Fsp3) is 0.105. The van der Waals surface area contributed by atoms with Crippen molar-refractivity contribution in [3.05, 3.63) is 65.8 Å². The number of ether oxygens (including phenoxy) is 1. The van der Waals surface area contributed by atoms with Crippen molar-refractivity contribution in [2.75, 3.05) is 19.9 Å². The Labute approximate surface area is 161 Å². The van der Waals surface area contributed by atoms with E-state index in [0.29, 0.717) is 16.9 Å². The topological polar surface area (TPSA) is 111 Å². The Hall–Kier alpha value is -3.39. The first-order valence-corrected chi connectivity index (χ1v) is 8.50. The number of anilines is 1. The number of benzene rings is 1. The van der Waals surface area contributed by atoms with E-state index in [-0.39, 0.29) is 17.3 Å². The van der Waals surface area contributed by atoms with Gasteiger partial charge in [-0.2, -0.15) is 0 Å². The van der Waals surface area contributed by atoms with Crippen LogP contribution in [0.2, 0.25) is 0 Å². The number of nitrogens with one attached hydrogen (secondary N) is 2. The number of likely N-dealkylation sites (N-methyl/N-ethyl adjacent to an activating group) is 1. The predicted molar refractivity (Wildman–Crippen MR) is 107 cm³/mol. The van der Waals surface area contributed by atoms with Crippen LogP contribution < -0.4 is 16.4 Å². The molecule has 142 valence electrons. The summed E-state index contributed by atoms with van der Waals surface area (Å²) in [5.74, 6) is -0.753. The van der Waals surface area contributed by atoms with Crippen molar-refractivity contribution in [3.63, 3.8) is 0 Å². The molecule has 27 heavy (non-hydrogen) atoms. The van der Waals surface area contributed by atoms with Gasteiger partial charge in [0, 0.05) is 17.6 Å². The zero-order valence-electron chi connectivity index (χ0n) is 15.1. The third kappa shape index (κ3) is 6.79. The van der Waals surface area contributed by atoms with Crippen molar-refractivity contribution in [1.29, 1.82) is 0 Å². The van der Waals surface area contributed by atoms with Gasteiger partial charge in [-0.1, -0.05) is 25.3 Å². The van der Waals surface area contributed by atoms with Crippen molar-refractivity contribution >= 4 is 35.2 Å². The van der Waals surface area contributed by atoms with Crippen LogP contribution >= 0.6 is 11.3 Å². The second kappa shape index (κ2) is 10.6. The number of allylic oxidation sites excluding steroid dienone is 1. The SMILES string of the molecule is C=C(C=O)NC(=O)c1ccc(-c2ccc(N)cc2)s1.C=C(NC)C(=O)OC. The summed E-state index contributed by atoms with van der Waals surface area (Å²) in [5.41, 5.74) is 7.63. The molecule has 0 bridgehead atoms. The number of carbonyl (C=O) groups is 3. The molecule has 7 nitrogen and oxygen atoms in total. The Morgan fingerprint density at radius 2 is 1.78 bits per heavy atom. The Bertz CT molecular complexity index is 827. The first-order chi connectivity index (χ1) is 12.8. The molecular weight excluding hydrogens is 366 g/mol. The molecular formula is C19H21N3O4S. The lowest BCUT2D eigenvalue weighted by Gasteiger charge is -2.00. The third-order valence-corrected chi connectivity index (χ3v) is 4.31. The van der Waals surface area contributed by atoms with Gasteiger partial charge < -0.3 is 21.1 Å². The van der Waals surface area contributed by atoms with Crippen LogP contribution in [0.5, 0.6) is 0 Å². The average molecular weight is 387 g/mol. The van der Waals surface area contributed by atoms with Gasteiger partial charge >= 0.3 is 5.97 Å². The molecule has 2 aromatic rings. The zero-order chi connectivity index (χ0) is 20.4. The number of hydrogen-bond donors (Lipinski definition) is 3. The van der Waals surface area contributed by atoms with E-state index in [1.165, 1.54) is 18.4 Å². The van der Waals surface area contributed by atoms with Crippen LogP contribution in [0.4, 0.5) is 5.69 Å². The number of thiophene rings is 1. The van der Waals surface area contributed by atoms with Crippen LogP contribution in [0.1, 0.15) is 9.67 Å². The minimum absolute atomic E-state index is 0.0486. The van der Waals surface area contributed by atoms with E-state index < -0.39 is 5.97 Å². The number of rotatable bonds is 6. The minimum Gasteiger partial charge on any atom is -0.464 e. The summed E-state index contributed by atoms with van der Waals surface area (Å²) < 4.78 is 4.30. The third-order valence-electron chi connectivity index (χ3n) is 3.17. The van der Waals surface area contributed by atoms with Gasteiger partial charge in [-0.3, -0.25) is 9.59 Å². The molecule has 4 N–H and O–H groups in total. The van der Waals surface area contributed by atoms with E-state index in [1.807, 2.05) is 30.3 Å². The molecule has 8 heteroatoms. The van der Waals surface area contributed by atoms with Gasteiger partial charge in [0.15, 0.2) is 6.29 Å². The predicted octanol–water partition coefficient (Wildman–Crippen LogP) is 2.33. The molecule has 0 saturated heterocycles. The Morgan fingerprint density at radius 3 is 2.26 bits per heavy atom. The first-order valence-electron chi connectivity index (χ1n) is 7.68. The molecule has 1 amide bonds.